The molecular formula is C14H9NO2S. The SMILES string of the molecule is O=Nc1c(O)ccc2cc(-c3cccs3)ccc12. The van der Waals surface area contributed by atoms with E-state index in [1.54, 1.807) is 17.4 Å². The van der Waals surface area contributed by atoms with Crippen molar-refractivity contribution in [3.05, 3.63) is 52.8 Å². The van der Waals surface area contributed by atoms with Gasteiger partial charge in [0, 0.05) is 10.3 Å². The molecule has 0 unspecified atom stereocenters. The van der Waals surface area contributed by atoms with Crippen LogP contribution in [0.15, 0.2) is 53.0 Å². The molecule has 0 saturated carbocycles. The number of phenolic OH excluding ortho intramolecular Hbond substituents is 1. The van der Waals surface area contributed by atoms with Crippen LogP contribution >= 0.6 is 11.3 Å². The number of nitroso groups, excluding NO2 is 1. The first-order valence-electron chi connectivity index (χ1n) is 5.42. The standard InChI is InChI=1S/C14H9NO2S/c16-12-6-4-9-8-10(13-2-1-7-18-13)3-5-11(9)14(12)15-17/h1-8,16H. The maximum Gasteiger partial charge on any atom is 0.157 e. The zero-order chi connectivity index (χ0) is 12.5. The molecule has 0 spiro atoms. The van der Waals surface area contributed by atoms with Crippen LogP contribution in [0.4, 0.5) is 5.69 Å². The van der Waals surface area contributed by atoms with Crippen molar-refractivity contribution in [1.29, 1.82) is 0 Å². The van der Waals surface area contributed by atoms with Gasteiger partial charge in [0.2, 0.25) is 0 Å². The number of fused-ring (bicyclic) bond motifs is 1. The molecule has 1 N–H and O–H groups in total. The second-order valence-electron chi connectivity index (χ2n) is 3.94. The van der Waals surface area contributed by atoms with Crippen LogP contribution in [0.1, 0.15) is 0 Å². The lowest BCUT2D eigenvalue weighted by Gasteiger charge is -2.04. The second-order valence-corrected chi connectivity index (χ2v) is 4.89. The van der Waals surface area contributed by atoms with Crippen LogP contribution in [-0.2, 0) is 0 Å². The highest BCUT2D eigenvalue weighted by Gasteiger charge is 2.08. The first kappa shape index (κ1) is 10.9. The third kappa shape index (κ3) is 1.67. The predicted octanol–water partition coefficient (Wildman–Crippen LogP) is 4.67. The van der Waals surface area contributed by atoms with E-state index in [4.69, 9.17) is 0 Å². The minimum Gasteiger partial charge on any atom is -0.506 e. The van der Waals surface area contributed by atoms with Crippen molar-refractivity contribution in [2.75, 3.05) is 0 Å². The molecule has 0 atom stereocenters. The van der Waals surface area contributed by atoms with Crippen LogP contribution in [0.5, 0.6) is 5.75 Å². The third-order valence-corrected chi connectivity index (χ3v) is 3.79. The van der Waals surface area contributed by atoms with Gasteiger partial charge in [-0.1, -0.05) is 24.3 Å². The van der Waals surface area contributed by atoms with Gasteiger partial charge >= 0.3 is 0 Å². The van der Waals surface area contributed by atoms with Gasteiger partial charge in [0.15, 0.2) is 5.69 Å². The molecule has 1 heterocycles. The van der Waals surface area contributed by atoms with Crippen molar-refractivity contribution >= 4 is 27.8 Å². The first-order valence-corrected chi connectivity index (χ1v) is 6.30. The topological polar surface area (TPSA) is 49.7 Å². The minimum atomic E-state index is -0.0821. The maximum atomic E-state index is 10.7. The molecule has 1 aromatic heterocycles. The number of phenols is 1. The van der Waals surface area contributed by atoms with Crippen molar-refractivity contribution in [2.24, 2.45) is 5.18 Å². The molecule has 0 fully saturated rings. The molecule has 2 aromatic carbocycles. The van der Waals surface area contributed by atoms with Crippen molar-refractivity contribution < 1.29 is 5.11 Å². The van der Waals surface area contributed by atoms with Crippen LogP contribution in [-0.4, -0.2) is 5.11 Å². The summed E-state index contributed by atoms with van der Waals surface area (Å²) in [4.78, 5) is 11.9. The van der Waals surface area contributed by atoms with Crippen LogP contribution < -0.4 is 0 Å². The molecule has 0 aliphatic rings. The number of hydrogen-bond acceptors (Lipinski definition) is 4. The lowest BCUT2D eigenvalue weighted by molar-refractivity contribution is 0.477. The van der Waals surface area contributed by atoms with Crippen molar-refractivity contribution in [3.63, 3.8) is 0 Å². The summed E-state index contributed by atoms with van der Waals surface area (Å²) in [6, 6.07) is 13.1. The molecule has 18 heavy (non-hydrogen) atoms. The molecular weight excluding hydrogens is 246 g/mol. The second kappa shape index (κ2) is 4.23. The van der Waals surface area contributed by atoms with Gasteiger partial charge in [-0.25, -0.2) is 0 Å². The number of aromatic hydroxyl groups is 1. The molecule has 3 nitrogen and oxygen atoms in total. The molecule has 0 radical (unpaired) electrons. The summed E-state index contributed by atoms with van der Waals surface area (Å²) in [5.41, 5.74) is 1.20. The fraction of sp³-hybridized carbons (Fsp3) is 0. The Balaban J connectivity index is 2.26. The molecule has 0 aliphatic carbocycles. The lowest BCUT2D eigenvalue weighted by Crippen LogP contribution is -1.77. The smallest absolute Gasteiger partial charge is 0.157 e. The van der Waals surface area contributed by atoms with Gasteiger partial charge in [-0.15, -0.1) is 16.2 Å². The lowest BCUT2D eigenvalue weighted by atomic mass is 10.0. The van der Waals surface area contributed by atoms with E-state index in [-0.39, 0.29) is 11.4 Å². The van der Waals surface area contributed by atoms with E-state index in [9.17, 15) is 10.0 Å². The highest BCUT2D eigenvalue weighted by molar-refractivity contribution is 7.13. The summed E-state index contributed by atoms with van der Waals surface area (Å²) in [6.45, 7) is 0. The van der Waals surface area contributed by atoms with E-state index < -0.39 is 0 Å². The monoisotopic (exact) mass is 255 g/mol. The quantitative estimate of drug-likeness (QED) is 0.676. The van der Waals surface area contributed by atoms with Crippen molar-refractivity contribution in [3.8, 4) is 16.2 Å². The zero-order valence-corrected chi connectivity index (χ0v) is 10.1. The summed E-state index contributed by atoms with van der Waals surface area (Å²) >= 11 is 1.66. The Hall–Kier alpha value is -2.20. The summed E-state index contributed by atoms with van der Waals surface area (Å²) in [5.74, 6) is -0.0821. The van der Waals surface area contributed by atoms with Crippen LogP contribution in [0, 0.1) is 4.91 Å². The maximum absolute atomic E-state index is 10.7. The van der Waals surface area contributed by atoms with Gasteiger partial charge in [0.05, 0.1) is 0 Å². The van der Waals surface area contributed by atoms with Crippen LogP contribution in [0.3, 0.4) is 0 Å². The molecule has 3 aromatic rings. The van der Waals surface area contributed by atoms with E-state index >= 15 is 0 Å². The summed E-state index contributed by atoms with van der Waals surface area (Å²) in [7, 11) is 0. The fourth-order valence-electron chi connectivity index (χ4n) is 1.99. The van der Waals surface area contributed by atoms with Crippen LogP contribution in [0.2, 0.25) is 0 Å². The Kier molecular flexibility index (Phi) is 2.57. The summed E-state index contributed by atoms with van der Waals surface area (Å²) in [5, 5.41) is 16.1. The van der Waals surface area contributed by atoms with E-state index in [1.165, 1.54) is 10.9 Å². The van der Waals surface area contributed by atoms with Gasteiger partial charge < -0.3 is 5.11 Å². The summed E-state index contributed by atoms with van der Waals surface area (Å²) < 4.78 is 0. The average molecular weight is 255 g/mol. The number of hydrogen-bond donors (Lipinski definition) is 1. The third-order valence-electron chi connectivity index (χ3n) is 2.87. The van der Waals surface area contributed by atoms with Gasteiger partial charge in [-0.05, 0) is 39.7 Å². The zero-order valence-electron chi connectivity index (χ0n) is 9.33. The van der Waals surface area contributed by atoms with Gasteiger partial charge in [0.1, 0.15) is 5.75 Å². The molecule has 3 rings (SSSR count). The number of nitrogens with zero attached hydrogens (tertiary/aromatic N) is 1. The Morgan fingerprint density at radius 3 is 2.72 bits per heavy atom. The van der Waals surface area contributed by atoms with E-state index in [0.29, 0.717) is 5.39 Å². The Labute approximate surface area is 107 Å². The summed E-state index contributed by atoms with van der Waals surface area (Å²) in [6.07, 6.45) is 0. The molecule has 0 saturated heterocycles. The molecule has 0 aliphatic heterocycles. The Bertz CT molecular complexity index is 720. The molecule has 0 amide bonds. The number of thiophene rings is 1. The average Bonchev–Trinajstić information content (AvgIpc) is 2.92. The number of rotatable bonds is 2. The molecule has 4 heteroatoms. The Morgan fingerprint density at radius 2 is 2.00 bits per heavy atom. The minimum absolute atomic E-state index is 0.0821. The van der Waals surface area contributed by atoms with Crippen molar-refractivity contribution in [2.45, 2.75) is 0 Å². The highest BCUT2D eigenvalue weighted by atomic mass is 32.1. The fourth-order valence-corrected chi connectivity index (χ4v) is 2.72. The Morgan fingerprint density at radius 1 is 1.11 bits per heavy atom. The van der Waals surface area contributed by atoms with E-state index in [0.717, 1.165) is 10.9 Å². The van der Waals surface area contributed by atoms with Gasteiger partial charge in [0.25, 0.3) is 0 Å². The van der Waals surface area contributed by atoms with Crippen LogP contribution in [0.25, 0.3) is 21.2 Å². The predicted molar refractivity (Wildman–Crippen MR) is 74.4 cm³/mol. The normalized spacial score (nSPS) is 10.7. The van der Waals surface area contributed by atoms with Crippen molar-refractivity contribution in [1.82, 2.24) is 0 Å². The van der Waals surface area contributed by atoms with Gasteiger partial charge in [-0.3, -0.25) is 0 Å². The van der Waals surface area contributed by atoms with E-state index in [2.05, 4.69) is 5.18 Å². The molecule has 88 valence electrons. The van der Waals surface area contributed by atoms with Gasteiger partial charge in [-0.2, -0.15) is 0 Å². The highest BCUT2D eigenvalue weighted by Crippen LogP contribution is 2.37. The largest absolute Gasteiger partial charge is 0.506 e. The van der Waals surface area contributed by atoms with E-state index in [1.807, 2.05) is 35.7 Å². The number of benzene rings is 2. The first-order chi connectivity index (χ1) is 8.79. The molecule has 0 bridgehead atoms.